The predicted molar refractivity (Wildman–Crippen MR) is 112 cm³/mol. The summed E-state index contributed by atoms with van der Waals surface area (Å²) in [4.78, 5) is 0. The molecule has 0 bridgehead atoms. The van der Waals surface area contributed by atoms with Gasteiger partial charge in [0.15, 0.2) is 0 Å². The lowest BCUT2D eigenvalue weighted by Gasteiger charge is -2.07. The summed E-state index contributed by atoms with van der Waals surface area (Å²) in [7, 11) is 0. The highest BCUT2D eigenvalue weighted by Gasteiger charge is 2.09. The number of hydrogen-bond donors (Lipinski definition) is 2. The van der Waals surface area contributed by atoms with Gasteiger partial charge in [-0.2, -0.15) is 0 Å². The number of phenols is 2. The number of hydrogen-bond acceptors (Lipinski definition) is 4. The van der Waals surface area contributed by atoms with Crippen LogP contribution in [-0.2, 0) is 0 Å². The average molecular weight is 368 g/mol. The molecule has 4 nitrogen and oxygen atoms in total. The summed E-state index contributed by atoms with van der Waals surface area (Å²) in [6.07, 6.45) is 0. The second-order valence-electron chi connectivity index (χ2n) is 5.88. The zero-order valence-electron chi connectivity index (χ0n) is 15.2. The van der Waals surface area contributed by atoms with Crippen molar-refractivity contribution in [3.05, 3.63) is 109 Å². The highest BCUT2D eigenvalue weighted by molar-refractivity contribution is 5.79. The monoisotopic (exact) mass is 368 g/mol. The molecular weight excluding hydrogens is 348 g/mol. The summed E-state index contributed by atoms with van der Waals surface area (Å²) in [6, 6.07) is 33.5. The number of aromatic hydroxyl groups is 2. The first-order valence-corrected chi connectivity index (χ1v) is 8.83. The van der Waals surface area contributed by atoms with E-state index < -0.39 is 0 Å². The van der Waals surface area contributed by atoms with Crippen molar-refractivity contribution in [3.8, 4) is 22.6 Å². The van der Waals surface area contributed by atoms with Gasteiger partial charge in [0.25, 0.3) is 0 Å². The first-order valence-electron chi connectivity index (χ1n) is 8.83. The smallest absolute Gasteiger partial charge is 0.143 e. The van der Waals surface area contributed by atoms with Gasteiger partial charge in [0.1, 0.15) is 22.9 Å². The maximum atomic E-state index is 10.1. The molecule has 0 fully saturated rings. The number of phenolic OH excluding ortho intramolecular Hbond substituents is 2. The largest absolute Gasteiger partial charge is 0.506 e. The van der Waals surface area contributed by atoms with E-state index in [1.807, 2.05) is 72.8 Å². The molecule has 0 saturated carbocycles. The van der Waals surface area contributed by atoms with Gasteiger partial charge in [0.2, 0.25) is 0 Å². The minimum absolute atomic E-state index is 0.0422. The first kappa shape index (κ1) is 18.9. The van der Waals surface area contributed by atoms with Crippen LogP contribution in [0.5, 0.6) is 11.5 Å². The van der Waals surface area contributed by atoms with Crippen LogP contribution in [0.2, 0.25) is 0 Å². The van der Waals surface area contributed by atoms with E-state index in [0.29, 0.717) is 11.4 Å². The normalized spacial score (nSPS) is 10.3. The number of nitrogens with zero attached hydrogens (tertiary/aromatic N) is 2. The fourth-order valence-electron chi connectivity index (χ4n) is 2.52. The highest BCUT2D eigenvalue weighted by atomic mass is 16.3. The van der Waals surface area contributed by atoms with Gasteiger partial charge in [0.05, 0.1) is 0 Å². The van der Waals surface area contributed by atoms with E-state index in [4.69, 9.17) is 0 Å². The topological polar surface area (TPSA) is 65.2 Å². The Bertz CT molecular complexity index is 1010. The minimum atomic E-state index is 0.0422. The Morgan fingerprint density at radius 1 is 0.464 bits per heavy atom. The summed E-state index contributed by atoms with van der Waals surface area (Å²) >= 11 is 0. The van der Waals surface area contributed by atoms with Gasteiger partial charge in [-0.1, -0.05) is 91.0 Å². The second kappa shape index (κ2) is 9.69. The summed E-state index contributed by atoms with van der Waals surface area (Å²) in [5.74, 6) is 0.0865. The van der Waals surface area contributed by atoms with E-state index in [1.54, 1.807) is 30.3 Å². The van der Waals surface area contributed by atoms with Crippen LogP contribution >= 0.6 is 0 Å². The van der Waals surface area contributed by atoms with Crippen LogP contribution in [0.15, 0.2) is 119 Å². The standard InChI is InChI=1S/C18H14N2O2.C6H6/c21-16-11-5-4-10-15(16)19-20-18-14(9-6-12-17(18)22)13-7-2-1-3-8-13;1-2-4-6-5-3-1/h1-12,21-22H;1-6H. The van der Waals surface area contributed by atoms with Crippen molar-refractivity contribution < 1.29 is 10.2 Å². The fraction of sp³-hybridized carbons (Fsp3) is 0. The molecule has 0 atom stereocenters. The summed E-state index contributed by atoms with van der Waals surface area (Å²) in [5.41, 5.74) is 2.44. The fourth-order valence-corrected chi connectivity index (χ4v) is 2.52. The van der Waals surface area contributed by atoms with E-state index in [2.05, 4.69) is 10.2 Å². The van der Waals surface area contributed by atoms with Crippen molar-refractivity contribution in [2.24, 2.45) is 10.2 Å². The molecule has 0 aromatic heterocycles. The lowest BCUT2D eigenvalue weighted by atomic mass is 10.0. The number of benzene rings is 4. The number of rotatable bonds is 3. The van der Waals surface area contributed by atoms with Gasteiger partial charge in [0, 0.05) is 5.56 Å². The quantitative estimate of drug-likeness (QED) is 0.388. The lowest BCUT2D eigenvalue weighted by molar-refractivity contribution is 0.474. The predicted octanol–water partition coefficient (Wildman–Crippen LogP) is 6.87. The molecule has 0 aliphatic rings. The van der Waals surface area contributed by atoms with Crippen LogP contribution in [-0.4, -0.2) is 10.2 Å². The van der Waals surface area contributed by atoms with Crippen LogP contribution in [0.25, 0.3) is 11.1 Å². The lowest BCUT2D eigenvalue weighted by Crippen LogP contribution is -1.79. The maximum Gasteiger partial charge on any atom is 0.143 e. The van der Waals surface area contributed by atoms with Crippen LogP contribution in [0, 0.1) is 0 Å². The van der Waals surface area contributed by atoms with E-state index in [1.165, 1.54) is 6.07 Å². The van der Waals surface area contributed by atoms with Crippen LogP contribution in [0.1, 0.15) is 0 Å². The van der Waals surface area contributed by atoms with Gasteiger partial charge >= 0.3 is 0 Å². The third-order valence-corrected chi connectivity index (χ3v) is 3.91. The van der Waals surface area contributed by atoms with E-state index >= 15 is 0 Å². The van der Waals surface area contributed by atoms with Gasteiger partial charge < -0.3 is 10.2 Å². The summed E-state index contributed by atoms with van der Waals surface area (Å²) < 4.78 is 0. The first-order chi connectivity index (χ1) is 13.8. The Kier molecular flexibility index (Phi) is 6.53. The van der Waals surface area contributed by atoms with Gasteiger partial charge in [-0.3, -0.25) is 0 Å². The average Bonchev–Trinajstić information content (AvgIpc) is 2.76. The molecule has 0 saturated heterocycles. The zero-order chi connectivity index (χ0) is 19.6. The molecule has 0 heterocycles. The van der Waals surface area contributed by atoms with Gasteiger partial charge in [-0.05, 0) is 23.8 Å². The van der Waals surface area contributed by atoms with Crippen LogP contribution in [0.4, 0.5) is 11.4 Å². The van der Waals surface area contributed by atoms with E-state index in [9.17, 15) is 10.2 Å². The SMILES string of the molecule is Oc1ccccc1N=Nc1c(O)cccc1-c1ccccc1.c1ccccc1. The Morgan fingerprint density at radius 3 is 1.64 bits per heavy atom. The Morgan fingerprint density at radius 2 is 1.00 bits per heavy atom. The molecule has 0 spiro atoms. The van der Waals surface area contributed by atoms with Crippen molar-refractivity contribution in [2.75, 3.05) is 0 Å². The molecule has 4 aromatic rings. The summed E-state index contributed by atoms with van der Waals surface area (Å²) in [6.45, 7) is 0. The van der Waals surface area contributed by atoms with Crippen molar-refractivity contribution in [2.45, 2.75) is 0 Å². The molecule has 28 heavy (non-hydrogen) atoms. The molecule has 138 valence electrons. The second-order valence-corrected chi connectivity index (χ2v) is 5.88. The Labute approximate surface area is 164 Å². The zero-order valence-corrected chi connectivity index (χ0v) is 15.2. The molecule has 2 N–H and O–H groups in total. The van der Waals surface area contributed by atoms with Crippen LogP contribution < -0.4 is 0 Å². The molecule has 0 unspecified atom stereocenters. The van der Waals surface area contributed by atoms with Crippen molar-refractivity contribution >= 4 is 11.4 Å². The molecular formula is C24H20N2O2. The Hall–Kier alpha value is -3.92. The molecule has 0 amide bonds. The van der Waals surface area contributed by atoms with Gasteiger partial charge in [-0.15, -0.1) is 10.2 Å². The van der Waals surface area contributed by atoms with Crippen molar-refractivity contribution in [3.63, 3.8) is 0 Å². The van der Waals surface area contributed by atoms with Gasteiger partial charge in [-0.25, -0.2) is 0 Å². The molecule has 0 radical (unpaired) electrons. The molecule has 4 aromatic carbocycles. The third kappa shape index (κ3) is 5.05. The highest BCUT2D eigenvalue weighted by Crippen LogP contribution is 2.39. The van der Waals surface area contributed by atoms with Crippen molar-refractivity contribution in [1.82, 2.24) is 0 Å². The molecule has 0 aliphatic carbocycles. The van der Waals surface area contributed by atoms with Crippen LogP contribution in [0.3, 0.4) is 0 Å². The Balaban J connectivity index is 0.000000320. The van der Waals surface area contributed by atoms with E-state index in [-0.39, 0.29) is 11.5 Å². The van der Waals surface area contributed by atoms with Crippen molar-refractivity contribution in [1.29, 1.82) is 0 Å². The van der Waals surface area contributed by atoms with E-state index in [0.717, 1.165) is 11.1 Å². The summed E-state index contributed by atoms with van der Waals surface area (Å²) in [5, 5.41) is 28.0. The number of para-hydroxylation sites is 1. The number of azo groups is 1. The maximum absolute atomic E-state index is 10.1. The third-order valence-electron chi connectivity index (χ3n) is 3.91. The molecule has 4 heteroatoms. The minimum Gasteiger partial charge on any atom is -0.506 e. The molecule has 4 rings (SSSR count). The molecule has 0 aliphatic heterocycles.